The largest absolute Gasteiger partial charge is 0.341 e. The highest BCUT2D eigenvalue weighted by atomic mass is 16.2. The maximum atomic E-state index is 12.1. The number of likely N-dealkylation sites (N-methyl/N-ethyl adjacent to an activating group) is 1. The second-order valence-corrected chi connectivity index (χ2v) is 5.69. The van der Waals surface area contributed by atoms with Crippen LogP contribution in [0.1, 0.15) is 33.1 Å². The van der Waals surface area contributed by atoms with Crippen molar-refractivity contribution in [2.24, 2.45) is 11.3 Å². The SMILES string of the molecule is CN(C(=O)C1CC1(C)C)C1CCCNC1. The maximum Gasteiger partial charge on any atom is 0.226 e. The molecule has 1 saturated carbocycles. The topological polar surface area (TPSA) is 32.3 Å². The Morgan fingerprint density at radius 3 is 2.60 bits per heavy atom. The zero-order valence-corrected chi connectivity index (χ0v) is 10.0. The van der Waals surface area contributed by atoms with E-state index in [0.29, 0.717) is 11.9 Å². The van der Waals surface area contributed by atoms with Crippen molar-refractivity contribution >= 4 is 5.91 Å². The van der Waals surface area contributed by atoms with Crippen molar-refractivity contribution in [3.05, 3.63) is 0 Å². The Labute approximate surface area is 92.2 Å². The van der Waals surface area contributed by atoms with Gasteiger partial charge in [0.15, 0.2) is 0 Å². The molecule has 2 fully saturated rings. The summed E-state index contributed by atoms with van der Waals surface area (Å²) in [4.78, 5) is 14.1. The van der Waals surface area contributed by atoms with E-state index in [2.05, 4.69) is 19.2 Å². The van der Waals surface area contributed by atoms with Gasteiger partial charge in [-0.05, 0) is 31.2 Å². The van der Waals surface area contributed by atoms with Crippen LogP contribution < -0.4 is 5.32 Å². The molecule has 1 saturated heterocycles. The van der Waals surface area contributed by atoms with Crippen LogP contribution in [0.15, 0.2) is 0 Å². The lowest BCUT2D eigenvalue weighted by Crippen LogP contribution is -2.47. The Kier molecular flexibility index (Phi) is 2.75. The first-order valence-corrected chi connectivity index (χ1v) is 6.00. The van der Waals surface area contributed by atoms with Crippen LogP contribution >= 0.6 is 0 Å². The molecule has 1 aliphatic heterocycles. The predicted octanol–water partition coefficient (Wildman–Crippen LogP) is 1.24. The number of rotatable bonds is 2. The van der Waals surface area contributed by atoms with Crippen LogP contribution in [-0.2, 0) is 4.79 Å². The summed E-state index contributed by atoms with van der Waals surface area (Å²) in [7, 11) is 1.97. The molecule has 1 aliphatic carbocycles. The highest BCUT2D eigenvalue weighted by Crippen LogP contribution is 2.52. The second kappa shape index (κ2) is 3.78. The first-order valence-electron chi connectivity index (χ1n) is 6.00. The van der Waals surface area contributed by atoms with Gasteiger partial charge < -0.3 is 10.2 Å². The molecule has 0 aromatic heterocycles. The molecular weight excluding hydrogens is 188 g/mol. The third-order valence-corrected chi connectivity index (χ3v) is 3.98. The Hall–Kier alpha value is -0.570. The maximum absolute atomic E-state index is 12.1. The molecule has 0 bridgehead atoms. The second-order valence-electron chi connectivity index (χ2n) is 5.69. The van der Waals surface area contributed by atoms with E-state index in [4.69, 9.17) is 0 Å². The molecule has 15 heavy (non-hydrogen) atoms. The molecule has 0 radical (unpaired) electrons. The molecule has 2 rings (SSSR count). The highest BCUT2D eigenvalue weighted by Gasteiger charge is 2.52. The summed E-state index contributed by atoms with van der Waals surface area (Å²) in [6.07, 6.45) is 3.41. The Morgan fingerprint density at radius 1 is 1.47 bits per heavy atom. The average molecular weight is 210 g/mol. The Balaban J connectivity index is 1.90. The quantitative estimate of drug-likeness (QED) is 0.744. The van der Waals surface area contributed by atoms with E-state index in [9.17, 15) is 4.79 Å². The van der Waals surface area contributed by atoms with E-state index in [-0.39, 0.29) is 11.3 Å². The van der Waals surface area contributed by atoms with E-state index in [1.165, 1.54) is 6.42 Å². The normalized spacial score (nSPS) is 33.5. The van der Waals surface area contributed by atoms with Crippen molar-refractivity contribution in [3.63, 3.8) is 0 Å². The molecule has 3 heteroatoms. The van der Waals surface area contributed by atoms with Gasteiger partial charge in [0.2, 0.25) is 5.91 Å². The van der Waals surface area contributed by atoms with E-state index in [1.807, 2.05) is 11.9 Å². The van der Waals surface area contributed by atoms with Crippen LogP contribution in [-0.4, -0.2) is 37.0 Å². The van der Waals surface area contributed by atoms with Gasteiger partial charge in [-0.25, -0.2) is 0 Å². The minimum atomic E-state index is 0.257. The minimum absolute atomic E-state index is 0.257. The van der Waals surface area contributed by atoms with Gasteiger partial charge in [-0.1, -0.05) is 13.8 Å². The Morgan fingerprint density at radius 2 is 2.13 bits per heavy atom. The number of amides is 1. The number of hydrogen-bond acceptors (Lipinski definition) is 2. The van der Waals surface area contributed by atoms with Crippen LogP contribution in [0.4, 0.5) is 0 Å². The number of hydrogen-bond donors (Lipinski definition) is 1. The van der Waals surface area contributed by atoms with Gasteiger partial charge in [0.1, 0.15) is 0 Å². The van der Waals surface area contributed by atoms with E-state index in [1.54, 1.807) is 0 Å². The molecule has 1 heterocycles. The van der Waals surface area contributed by atoms with E-state index >= 15 is 0 Å². The smallest absolute Gasteiger partial charge is 0.226 e. The van der Waals surface area contributed by atoms with Gasteiger partial charge in [-0.3, -0.25) is 4.79 Å². The molecule has 2 aliphatic rings. The minimum Gasteiger partial charge on any atom is -0.341 e. The summed E-state index contributed by atoms with van der Waals surface area (Å²) < 4.78 is 0. The molecular formula is C12H22N2O. The van der Waals surface area contributed by atoms with Gasteiger partial charge in [0, 0.05) is 25.6 Å². The molecule has 0 aromatic rings. The number of carbonyl (C=O) groups excluding carboxylic acids is 1. The van der Waals surface area contributed by atoms with Crippen molar-refractivity contribution in [1.29, 1.82) is 0 Å². The van der Waals surface area contributed by atoms with E-state index < -0.39 is 0 Å². The van der Waals surface area contributed by atoms with Gasteiger partial charge in [-0.2, -0.15) is 0 Å². The predicted molar refractivity (Wildman–Crippen MR) is 60.5 cm³/mol. The highest BCUT2D eigenvalue weighted by molar-refractivity contribution is 5.82. The first-order chi connectivity index (χ1) is 7.02. The Bertz CT molecular complexity index is 256. The number of piperidine rings is 1. The molecule has 86 valence electrons. The van der Waals surface area contributed by atoms with Crippen molar-refractivity contribution in [2.75, 3.05) is 20.1 Å². The van der Waals surface area contributed by atoms with Crippen LogP contribution in [0.2, 0.25) is 0 Å². The van der Waals surface area contributed by atoms with Crippen molar-refractivity contribution in [3.8, 4) is 0 Å². The monoisotopic (exact) mass is 210 g/mol. The van der Waals surface area contributed by atoms with E-state index in [0.717, 1.165) is 25.9 Å². The molecule has 2 unspecified atom stereocenters. The summed E-state index contributed by atoms with van der Waals surface area (Å²) in [6.45, 7) is 6.44. The third-order valence-electron chi connectivity index (χ3n) is 3.98. The fourth-order valence-electron chi connectivity index (χ4n) is 2.48. The standard InChI is InChI=1S/C12H22N2O/c1-12(2)7-10(12)11(15)14(3)9-5-4-6-13-8-9/h9-10,13H,4-8H2,1-3H3. The van der Waals surface area contributed by atoms with Crippen LogP contribution in [0.25, 0.3) is 0 Å². The van der Waals surface area contributed by atoms with Gasteiger partial charge in [-0.15, -0.1) is 0 Å². The zero-order chi connectivity index (χ0) is 11.1. The molecule has 1 amide bonds. The lowest BCUT2D eigenvalue weighted by Gasteiger charge is -2.32. The van der Waals surface area contributed by atoms with Crippen molar-refractivity contribution in [2.45, 2.75) is 39.2 Å². The molecule has 0 aromatic carbocycles. The summed E-state index contributed by atoms with van der Waals surface area (Å²) in [5.41, 5.74) is 0.257. The fraction of sp³-hybridized carbons (Fsp3) is 0.917. The fourth-order valence-corrected chi connectivity index (χ4v) is 2.48. The van der Waals surface area contributed by atoms with Crippen molar-refractivity contribution in [1.82, 2.24) is 10.2 Å². The lowest BCUT2D eigenvalue weighted by atomic mass is 10.0. The number of nitrogens with zero attached hydrogens (tertiary/aromatic N) is 1. The molecule has 2 atom stereocenters. The zero-order valence-electron chi connectivity index (χ0n) is 10.0. The van der Waals surface area contributed by atoms with Crippen LogP contribution in [0, 0.1) is 11.3 Å². The lowest BCUT2D eigenvalue weighted by molar-refractivity contribution is -0.134. The van der Waals surface area contributed by atoms with Gasteiger partial charge >= 0.3 is 0 Å². The first kappa shape index (κ1) is 10.9. The number of nitrogens with one attached hydrogen (secondary N) is 1. The molecule has 3 nitrogen and oxygen atoms in total. The summed E-state index contributed by atoms with van der Waals surface area (Å²) in [5.74, 6) is 0.637. The summed E-state index contributed by atoms with van der Waals surface area (Å²) in [6, 6.07) is 0.419. The van der Waals surface area contributed by atoms with Gasteiger partial charge in [0.25, 0.3) is 0 Å². The van der Waals surface area contributed by atoms with Crippen LogP contribution in [0.5, 0.6) is 0 Å². The van der Waals surface area contributed by atoms with Crippen molar-refractivity contribution < 1.29 is 4.79 Å². The molecule has 1 N–H and O–H groups in total. The number of carbonyl (C=O) groups is 1. The summed E-state index contributed by atoms with van der Waals surface area (Å²) >= 11 is 0. The summed E-state index contributed by atoms with van der Waals surface area (Å²) in [5, 5.41) is 3.36. The van der Waals surface area contributed by atoms with Crippen LogP contribution in [0.3, 0.4) is 0 Å². The third kappa shape index (κ3) is 2.17. The average Bonchev–Trinajstić information content (AvgIpc) is 2.87. The molecule has 0 spiro atoms. The van der Waals surface area contributed by atoms with Gasteiger partial charge in [0.05, 0.1) is 0 Å².